The second kappa shape index (κ2) is 6.57. The number of hydrogen-bond donors (Lipinski definition) is 1. The Morgan fingerprint density at radius 1 is 0.950 bits per heavy atom. The topological polar surface area (TPSA) is 12.0 Å². The predicted molar refractivity (Wildman–Crippen MR) is 92.8 cm³/mol. The molecule has 0 amide bonds. The van der Waals surface area contributed by atoms with E-state index in [2.05, 4.69) is 74.5 Å². The fourth-order valence-corrected chi connectivity index (χ4v) is 4.04. The van der Waals surface area contributed by atoms with Crippen LogP contribution in [0.15, 0.2) is 63.8 Å². The molecule has 0 spiro atoms. The van der Waals surface area contributed by atoms with Crippen molar-refractivity contribution in [1.29, 1.82) is 0 Å². The van der Waals surface area contributed by atoms with Gasteiger partial charge in [0.2, 0.25) is 0 Å². The van der Waals surface area contributed by atoms with Crippen LogP contribution in [0.1, 0.15) is 15.8 Å². The number of halogens is 1. The molecule has 1 atom stereocenters. The van der Waals surface area contributed by atoms with Gasteiger partial charge in [-0.1, -0.05) is 24.3 Å². The van der Waals surface area contributed by atoms with Crippen molar-refractivity contribution in [2.45, 2.75) is 12.5 Å². The molecule has 102 valence electrons. The number of para-hydroxylation sites is 1. The molecule has 0 saturated heterocycles. The van der Waals surface area contributed by atoms with Crippen LogP contribution in [0.4, 0.5) is 5.69 Å². The minimum absolute atomic E-state index is 0.312. The van der Waals surface area contributed by atoms with Crippen molar-refractivity contribution < 1.29 is 0 Å². The molecule has 2 heterocycles. The largest absolute Gasteiger partial charge is 0.376 e. The second-order valence-corrected chi connectivity index (χ2v) is 7.34. The van der Waals surface area contributed by atoms with Crippen LogP contribution < -0.4 is 5.32 Å². The van der Waals surface area contributed by atoms with E-state index in [0.29, 0.717) is 6.04 Å². The van der Waals surface area contributed by atoms with Crippen LogP contribution in [0, 0.1) is 0 Å². The Morgan fingerprint density at radius 2 is 1.75 bits per heavy atom. The quantitative estimate of drug-likeness (QED) is 0.588. The van der Waals surface area contributed by atoms with Gasteiger partial charge in [-0.15, -0.1) is 22.7 Å². The van der Waals surface area contributed by atoms with Gasteiger partial charge in [-0.3, -0.25) is 0 Å². The first-order valence-corrected chi connectivity index (χ1v) is 8.95. The van der Waals surface area contributed by atoms with Crippen molar-refractivity contribution >= 4 is 44.3 Å². The number of anilines is 1. The number of thiophene rings is 2. The van der Waals surface area contributed by atoms with Crippen molar-refractivity contribution in [1.82, 2.24) is 0 Å². The average Bonchev–Trinajstić information content (AvgIpc) is 3.12. The van der Waals surface area contributed by atoms with Crippen LogP contribution in [0.2, 0.25) is 0 Å². The molecule has 20 heavy (non-hydrogen) atoms. The molecule has 1 nitrogen and oxygen atoms in total. The lowest BCUT2D eigenvalue weighted by Gasteiger charge is -2.19. The standard InChI is InChI=1S/C16H14BrNS2/c17-13-6-1-2-7-14(13)18-15(16-8-4-10-20-16)11-12-5-3-9-19-12/h1-10,15,18H,11H2. The van der Waals surface area contributed by atoms with Gasteiger partial charge in [-0.25, -0.2) is 0 Å². The second-order valence-electron chi connectivity index (χ2n) is 4.48. The highest BCUT2D eigenvalue weighted by molar-refractivity contribution is 9.10. The lowest BCUT2D eigenvalue weighted by molar-refractivity contribution is 0.801. The lowest BCUT2D eigenvalue weighted by atomic mass is 10.1. The fourth-order valence-electron chi connectivity index (χ4n) is 2.11. The molecule has 1 N–H and O–H groups in total. The highest BCUT2D eigenvalue weighted by atomic mass is 79.9. The van der Waals surface area contributed by atoms with Gasteiger partial charge in [0, 0.05) is 26.3 Å². The van der Waals surface area contributed by atoms with Crippen LogP contribution in [-0.2, 0) is 6.42 Å². The van der Waals surface area contributed by atoms with Gasteiger partial charge in [0.1, 0.15) is 0 Å². The van der Waals surface area contributed by atoms with Crippen LogP contribution in [0.25, 0.3) is 0 Å². The predicted octanol–water partition coefficient (Wildman–Crippen LogP) is 5.97. The Labute approximate surface area is 135 Å². The number of nitrogens with one attached hydrogen (secondary N) is 1. The van der Waals surface area contributed by atoms with Crippen molar-refractivity contribution in [3.8, 4) is 0 Å². The highest BCUT2D eigenvalue weighted by Crippen LogP contribution is 2.31. The lowest BCUT2D eigenvalue weighted by Crippen LogP contribution is -2.12. The minimum Gasteiger partial charge on any atom is -0.376 e. The van der Waals surface area contributed by atoms with Gasteiger partial charge >= 0.3 is 0 Å². The van der Waals surface area contributed by atoms with Crippen molar-refractivity contribution in [2.24, 2.45) is 0 Å². The number of hydrogen-bond acceptors (Lipinski definition) is 3. The van der Waals surface area contributed by atoms with Crippen molar-refractivity contribution in [3.05, 3.63) is 73.5 Å². The molecule has 0 aliphatic rings. The molecule has 0 aliphatic carbocycles. The van der Waals surface area contributed by atoms with Gasteiger partial charge in [0.15, 0.2) is 0 Å². The molecule has 1 unspecified atom stereocenters. The van der Waals surface area contributed by atoms with Gasteiger partial charge in [-0.05, 0) is 51.0 Å². The van der Waals surface area contributed by atoms with E-state index >= 15 is 0 Å². The summed E-state index contributed by atoms with van der Waals surface area (Å²) in [5.41, 5.74) is 1.14. The smallest absolute Gasteiger partial charge is 0.0655 e. The van der Waals surface area contributed by atoms with E-state index in [1.54, 1.807) is 11.3 Å². The summed E-state index contributed by atoms with van der Waals surface area (Å²) in [6.07, 6.45) is 1.01. The van der Waals surface area contributed by atoms with E-state index < -0.39 is 0 Å². The molecular formula is C16H14BrNS2. The average molecular weight is 364 g/mol. The van der Waals surface area contributed by atoms with Gasteiger partial charge in [0.25, 0.3) is 0 Å². The van der Waals surface area contributed by atoms with Gasteiger partial charge < -0.3 is 5.32 Å². The molecule has 0 bridgehead atoms. The summed E-state index contributed by atoms with van der Waals surface area (Å²) in [5.74, 6) is 0. The molecule has 0 aliphatic heterocycles. The summed E-state index contributed by atoms with van der Waals surface area (Å²) in [4.78, 5) is 2.78. The Balaban J connectivity index is 1.84. The van der Waals surface area contributed by atoms with Gasteiger partial charge in [-0.2, -0.15) is 0 Å². The maximum Gasteiger partial charge on any atom is 0.0655 e. The molecule has 1 aromatic carbocycles. The SMILES string of the molecule is Brc1ccccc1NC(Cc1cccs1)c1cccs1. The Hall–Kier alpha value is -1.10. The molecule has 4 heteroatoms. The molecule has 3 rings (SSSR count). The first kappa shape index (κ1) is 13.9. The zero-order valence-corrected chi connectivity index (χ0v) is 14.0. The Morgan fingerprint density at radius 3 is 2.45 bits per heavy atom. The van der Waals surface area contributed by atoms with E-state index in [0.717, 1.165) is 16.6 Å². The maximum atomic E-state index is 3.66. The van der Waals surface area contributed by atoms with E-state index in [1.165, 1.54) is 9.75 Å². The summed E-state index contributed by atoms with van der Waals surface area (Å²) >= 11 is 7.23. The van der Waals surface area contributed by atoms with Crippen LogP contribution >= 0.6 is 38.6 Å². The first-order chi connectivity index (χ1) is 9.83. The normalized spacial score (nSPS) is 12.2. The molecule has 2 aromatic heterocycles. The molecule has 0 saturated carbocycles. The van der Waals surface area contributed by atoms with E-state index in [4.69, 9.17) is 0 Å². The van der Waals surface area contributed by atoms with Crippen molar-refractivity contribution in [3.63, 3.8) is 0 Å². The third kappa shape index (κ3) is 3.32. The Bertz CT molecular complexity index is 647. The maximum absolute atomic E-state index is 3.66. The first-order valence-electron chi connectivity index (χ1n) is 6.40. The third-order valence-electron chi connectivity index (χ3n) is 3.08. The Kier molecular flexibility index (Phi) is 4.55. The van der Waals surface area contributed by atoms with Crippen molar-refractivity contribution in [2.75, 3.05) is 5.32 Å². The third-order valence-corrected chi connectivity index (χ3v) is 5.65. The molecule has 0 radical (unpaired) electrons. The zero-order chi connectivity index (χ0) is 13.8. The highest BCUT2D eigenvalue weighted by Gasteiger charge is 2.15. The number of rotatable bonds is 5. The monoisotopic (exact) mass is 363 g/mol. The van der Waals surface area contributed by atoms with Crippen LogP contribution in [0.3, 0.4) is 0 Å². The summed E-state index contributed by atoms with van der Waals surface area (Å²) < 4.78 is 1.10. The molecule has 0 fully saturated rings. The van der Waals surface area contributed by atoms with Crippen LogP contribution in [-0.4, -0.2) is 0 Å². The van der Waals surface area contributed by atoms with E-state index in [9.17, 15) is 0 Å². The summed E-state index contributed by atoms with van der Waals surface area (Å²) in [5, 5.41) is 7.93. The summed E-state index contributed by atoms with van der Waals surface area (Å²) in [6, 6.07) is 17.2. The van der Waals surface area contributed by atoms with E-state index in [-0.39, 0.29) is 0 Å². The number of benzene rings is 1. The summed E-state index contributed by atoms with van der Waals surface area (Å²) in [7, 11) is 0. The minimum atomic E-state index is 0.312. The zero-order valence-electron chi connectivity index (χ0n) is 10.8. The molecular weight excluding hydrogens is 350 g/mol. The molecule has 3 aromatic rings. The van der Waals surface area contributed by atoms with Gasteiger partial charge in [0.05, 0.1) is 6.04 Å². The van der Waals surface area contributed by atoms with E-state index in [1.807, 2.05) is 17.4 Å². The van der Waals surface area contributed by atoms with Crippen LogP contribution in [0.5, 0.6) is 0 Å². The summed E-state index contributed by atoms with van der Waals surface area (Å²) in [6.45, 7) is 0. The fraction of sp³-hybridized carbons (Fsp3) is 0.125.